The fourth-order valence-corrected chi connectivity index (χ4v) is 3.48. The van der Waals surface area contributed by atoms with Gasteiger partial charge in [0.25, 0.3) is 15.2 Å². The molecule has 0 unspecified atom stereocenters. The molecule has 1 N–H and O–H groups in total. The summed E-state index contributed by atoms with van der Waals surface area (Å²) < 4.78 is 52.3. The Morgan fingerprint density at radius 1 is 1.22 bits per heavy atom. The zero-order valence-corrected chi connectivity index (χ0v) is 16.8. The van der Waals surface area contributed by atoms with Gasteiger partial charge in [0.1, 0.15) is 19.1 Å². The lowest BCUT2D eigenvalue weighted by atomic mass is 10.1. The van der Waals surface area contributed by atoms with E-state index in [1.54, 1.807) is 12.1 Å². The van der Waals surface area contributed by atoms with Gasteiger partial charge >= 0.3 is 10.2 Å². The predicted octanol–water partition coefficient (Wildman–Crippen LogP) is -0.430. The van der Waals surface area contributed by atoms with Gasteiger partial charge in [-0.25, -0.2) is 18.1 Å². The van der Waals surface area contributed by atoms with Gasteiger partial charge in [-0.2, -0.15) is 12.7 Å². The zero-order valence-electron chi connectivity index (χ0n) is 15.2. The fourth-order valence-electron chi connectivity index (χ4n) is 1.91. The lowest BCUT2D eigenvalue weighted by Gasteiger charge is -2.09. The van der Waals surface area contributed by atoms with E-state index in [-0.39, 0.29) is 6.54 Å². The largest absolute Gasteiger partial charge is 0.399 e. The maximum Gasteiger partial charge on any atom is 0.323 e. The summed E-state index contributed by atoms with van der Waals surface area (Å²) in [4.78, 5) is 8.34. The number of hydrogen-bond donors (Lipinski definition) is 1. The topological polar surface area (TPSA) is 136 Å². The molecule has 0 saturated heterocycles. The van der Waals surface area contributed by atoms with Crippen LogP contribution in [0.25, 0.3) is 0 Å². The van der Waals surface area contributed by atoms with E-state index >= 15 is 0 Å². The van der Waals surface area contributed by atoms with Crippen LogP contribution in [0.15, 0.2) is 40.9 Å². The van der Waals surface area contributed by atoms with Crippen LogP contribution in [0, 0.1) is 6.92 Å². The second-order valence-corrected chi connectivity index (χ2v) is 9.26. The SMILES string of the molecule is CO/N=C(\CNS(=O)(=O)c1ncn(S(=O)(=O)N(C)C)n1)c1ccc(C)cc1. The molecular weight excluding hydrogens is 396 g/mol. The molecule has 0 aliphatic heterocycles. The number of nitrogens with one attached hydrogen (secondary N) is 1. The van der Waals surface area contributed by atoms with E-state index in [0.717, 1.165) is 16.2 Å². The minimum atomic E-state index is -4.17. The summed E-state index contributed by atoms with van der Waals surface area (Å²) in [5.41, 5.74) is 2.04. The summed E-state index contributed by atoms with van der Waals surface area (Å²) in [6.07, 6.45) is 0.814. The molecule has 1 aromatic carbocycles. The Bertz CT molecular complexity index is 1030. The van der Waals surface area contributed by atoms with E-state index in [2.05, 4.69) is 20.0 Å². The third-order valence-electron chi connectivity index (χ3n) is 3.41. The highest BCUT2D eigenvalue weighted by molar-refractivity contribution is 7.89. The van der Waals surface area contributed by atoms with Crippen molar-refractivity contribution in [3.8, 4) is 0 Å². The number of benzene rings is 1. The normalized spacial score (nSPS) is 13.1. The lowest BCUT2D eigenvalue weighted by molar-refractivity contribution is 0.213. The van der Waals surface area contributed by atoms with Gasteiger partial charge in [-0.15, -0.1) is 9.19 Å². The molecule has 2 rings (SSSR count). The molecule has 0 bridgehead atoms. The van der Waals surface area contributed by atoms with Crippen LogP contribution in [0.5, 0.6) is 0 Å². The molecule has 2 aromatic rings. The summed E-state index contributed by atoms with van der Waals surface area (Å²) in [5.74, 6) is 0. The highest BCUT2D eigenvalue weighted by Gasteiger charge is 2.25. The van der Waals surface area contributed by atoms with E-state index in [1.165, 1.54) is 21.2 Å². The van der Waals surface area contributed by atoms with Crippen molar-refractivity contribution in [3.63, 3.8) is 0 Å². The van der Waals surface area contributed by atoms with Crippen LogP contribution >= 0.6 is 0 Å². The van der Waals surface area contributed by atoms with E-state index in [4.69, 9.17) is 4.84 Å². The van der Waals surface area contributed by atoms with E-state index in [0.29, 0.717) is 15.4 Å². The molecule has 1 heterocycles. The molecule has 27 heavy (non-hydrogen) atoms. The van der Waals surface area contributed by atoms with Crippen LogP contribution in [-0.4, -0.2) is 68.8 Å². The Balaban J connectivity index is 2.22. The average molecular weight is 416 g/mol. The van der Waals surface area contributed by atoms with Gasteiger partial charge < -0.3 is 4.84 Å². The monoisotopic (exact) mass is 416 g/mol. The molecule has 0 aliphatic carbocycles. The minimum Gasteiger partial charge on any atom is -0.399 e. The van der Waals surface area contributed by atoms with Crippen molar-refractivity contribution in [2.45, 2.75) is 12.1 Å². The molecule has 0 atom stereocenters. The van der Waals surface area contributed by atoms with Crippen LogP contribution < -0.4 is 4.72 Å². The van der Waals surface area contributed by atoms with Crippen LogP contribution in [0.4, 0.5) is 0 Å². The molecule has 0 aliphatic rings. The number of aryl methyl sites for hydroxylation is 1. The molecular formula is C14H20N6O5S2. The van der Waals surface area contributed by atoms with Gasteiger partial charge in [0, 0.05) is 19.7 Å². The van der Waals surface area contributed by atoms with Crippen molar-refractivity contribution >= 4 is 25.9 Å². The van der Waals surface area contributed by atoms with Crippen molar-refractivity contribution < 1.29 is 21.7 Å². The highest BCUT2D eigenvalue weighted by Crippen LogP contribution is 2.08. The Hall–Kier alpha value is -2.35. The Morgan fingerprint density at radius 2 is 1.85 bits per heavy atom. The number of hydrogen-bond acceptors (Lipinski definition) is 8. The first-order chi connectivity index (χ1) is 12.6. The predicted molar refractivity (Wildman–Crippen MR) is 97.9 cm³/mol. The third-order valence-corrected chi connectivity index (χ3v) is 6.17. The van der Waals surface area contributed by atoms with Crippen molar-refractivity contribution in [2.24, 2.45) is 5.16 Å². The van der Waals surface area contributed by atoms with Crippen molar-refractivity contribution in [3.05, 3.63) is 41.7 Å². The number of nitrogens with zero attached hydrogens (tertiary/aromatic N) is 5. The molecule has 0 spiro atoms. The summed E-state index contributed by atoms with van der Waals surface area (Å²) in [6, 6.07) is 7.25. The number of sulfonamides is 1. The molecule has 11 nitrogen and oxygen atoms in total. The highest BCUT2D eigenvalue weighted by atomic mass is 32.2. The van der Waals surface area contributed by atoms with Crippen molar-refractivity contribution in [1.29, 1.82) is 0 Å². The van der Waals surface area contributed by atoms with Crippen LogP contribution in [0.1, 0.15) is 11.1 Å². The summed E-state index contributed by atoms with van der Waals surface area (Å²) >= 11 is 0. The quantitative estimate of drug-likeness (QED) is 0.455. The molecule has 0 fully saturated rings. The number of aromatic nitrogens is 3. The van der Waals surface area contributed by atoms with Gasteiger partial charge in [0.05, 0.1) is 6.54 Å². The molecule has 0 radical (unpaired) electrons. The van der Waals surface area contributed by atoms with Crippen molar-refractivity contribution in [1.82, 2.24) is 23.2 Å². The van der Waals surface area contributed by atoms with Gasteiger partial charge in [-0.1, -0.05) is 35.0 Å². The smallest absolute Gasteiger partial charge is 0.323 e. The standard InChI is InChI=1S/C14H20N6O5S2/c1-11-5-7-12(8-6-11)13(18-25-4)9-16-26(21,22)14-15-10-20(17-14)27(23,24)19(2)3/h5-8,10,16H,9H2,1-4H3/b18-13+. The summed E-state index contributed by atoms with van der Waals surface area (Å²) in [6.45, 7) is 1.72. The molecule has 13 heteroatoms. The van der Waals surface area contributed by atoms with E-state index in [1.807, 2.05) is 19.1 Å². The zero-order chi connectivity index (χ0) is 20.2. The van der Waals surface area contributed by atoms with Gasteiger partial charge in [0.2, 0.25) is 0 Å². The van der Waals surface area contributed by atoms with Crippen LogP contribution in [-0.2, 0) is 25.1 Å². The average Bonchev–Trinajstić information content (AvgIpc) is 3.11. The molecule has 1 aromatic heterocycles. The van der Waals surface area contributed by atoms with E-state index < -0.39 is 25.4 Å². The first kappa shape index (κ1) is 21.0. The van der Waals surface area contributed by atoms with Crippen LogP contribution in [0.3, 0.4) is 0 Å². The van der Waals surface area contributed by atoms with Gasteiger partial charge in [-0.3, -0.25) is 0 Å². The first-order valence-corrected chi connectivity index (χ1v) is 10.5. The Labute approximate surface area is 157 Å². The summed E-state index contributed by atoms with van der Waals surface area (Å²) in [7, 11) is -4.20. The lowest BCUT2D eigenvalue weighted by Crippen LogP contribution is -2.32. The minimum absolute atomic E-state index is 0.200. The molecule has 0 saturated carbocycles. The fraction of sp³-hybridized carbons (Fsp3) is 0.357. The van der Waals surface area contributed by atoms with Crippen LogP contribution in [0.2, 0.25) is 0 Å². The Kier molecular flexibility index (Phi) is 6.30. The second-order valence-electron chi connectivity index (χ2n) is 5.60. The number of rotatable bonds is 8. The van der Waals surface area contributed by atoms with Gasteiger partial charge in [-0.05, 0) is 6.92 Å². The molecule has 148 valence electrons. The third kappa shape index (κ3) is 4.88. The maximum atomic E-state index is 12.4. The van der Waals surface area contributed by atoms with Crippen molar-refractivity contribution in [2.75, 3.05) is 27.7 Å². The van der Waals surface area contributed by atoms with Gasteiger partial charge in [0.15, 0.2) is 0 Å². The summed E-state index contributed by atoms with van der Waals surface area (Å²) in [5, 5.41) is 6.69. The second kappa shape index (κ2) is 8.12. The first-order valence-electron chi connectivity index (χ1n) is 7.59. The maximum absolute atomic E-state index is 12.4. The number of oxime groups is 1. The molecule has 0 amide bonds. The Morgan fingerprint density at radius 3 is 2.41 bits per heavy atom. The van der Waals surface area contributed by atoms with E-state index in [9.17, 15) is 16.8 Å².